The van der Waals surface area contributed by atoms with Gasteiger partial charge in [-0.3, -0.25) is 9.59 Å². The van der Waals surface area contributed by atoms with E-state index in [2.05, 4.69) is 4.98 Å². The van der Waals surface area contributed by atoms with Crippen molar-refractivity contribution in [2.24, 2.45) is 13.0 Å². The molecule has 1 aliphatic rings. The van der Waals surface area contributed by atoms with Crippen LogP contribution in [0.1, 0.15) is 23.5 Å². The van der Waals surface area contributed by atoms with Crippen LogP contribution in [0.25, 0.3) is 0 Å². The number of nitrogens with zero attached hydrogens (tertiary/aromatic N) is 3. The zero-order valence-electron chi connectivity index (χ0n) is 15.1. The molecule has 0 radical (unpaired) electrons. The van der Waals surface area contributed by atoms with E-state index in [1.807, 2.05) is 12.1 Å². The Bertz CT molecular complexity index is 787. The van der Waals surface area contributed by atoms with E-state index in [9.17, 15) is 9.59 Å². The molecule has 0 spiro atoms. The Labute approximate surface area is 152 Å². The van der Waals surface area contributed by atoms with Gasteiger partial charge in [-0.2, -0.15) is 0 Å². The molecule has 1 aromatic carbocycles. The van der Waals surface area contributed by atoms with Gasteiger partial charge in [-0.05, 0) is 25.0 Å². The Morgan fingerprint density at radius 1 is 1.27 bits per heavy atom. The Hall–Kier alpha value is -2.83. The van der Waals surface area contributed by atoms with Crippen LogP contribution in [-0.2, 0) is 11.8 Å². The SMILES string of the molecule is COc1ccccc1OCC(=O)N1CCC[C@H](C(=O)c2nccn2C)C1. The lowest BCUT2D eigenvalue weighted by atomic mass is 9.93. The molecule has 0 aliphatic carbocycles. The highest BCUT2D eigenvalue weighted by Crippen LogP contribution is 2.26. The topological polar surface area (TPSA) is 73.7 Å². The summed E-state index contributed by atoms with van der Waals surface area (Å²) in [5, 5.41) is 0. The fourth-order valence-corrected chi connectivity index (χ4v) is 3.17. The maximum atomic E-state index is 12.6. The van der Waals surface area contributed by atoms with Crippen molar-refractivity contribution in [2.45, 2.75) is 12.8 Å². The molecule has 1 atom stereocenters. The predicted octanol–water partition coefficient (Wildman–Crippen LogP) is 1.93. The molecule has 1 aliphatic heterocycles. The van der Waals surface area contributed by atoms with Crippen molar-refractivity contribution in [3.05, 3.63) is 42.5 Å². The van der Waals surface area contributed by atoms with Gasteiger partial charge in [0.05, 0.1) is 7.11 Å². The van der Waals surface area contributed by atoms with Crippen molar-refractivity contribution in [3.8, 4) is 11.5 Å². The number of likely N-dealkylation sites (tertiary alicyclic amines) is 1. The van der Waals surface area contributed by atoms with Gasteiger partial charge in [0.15, 0.2) is 23.9 Å². The highest BCUT2D eigenvalue weighted by Gasteiger charge is 2.30. The van der Waals surface area contributed by atoms with Crippen molar-refractivity contribution in [2.75, 3.05) is 26.8 Å². The molecule has 1 fully saturated rings. The van der Waals surface area contributed by atoms with E-state index in [1.54, 1.807) is 48.2 Å². The van der Waals surface area contributed by atoms with Gasteiger partial charge >= 0.3 is 0 Å². The largest absolute Gasteiger partial charge is 0.493 e. The zero-order chi connectivity index (χ0) is 18.5. The third-order valence-corrected chi connectivity index (χ3v) is 4.61. The number of hydrogen-bond acceptors (Lipinski definition) is 5. The monoisotopic (exact) mass is 357 g/mol. The maximum absolute atomic E-state index is 12.6. The Balaban J connectivity index is 1.59. The first-order valence-corrected chi connectivity index (χ1v) is 8.65. The highest BCUT2D eigenvalue weighted by molar-refractivity contribution is 5.95. The molecule has 7 nitrogen and oxygen atoms in total. The zero-order valence-corrected chi connectivity index (χ0v) is 15.1. The number of imidazole rings is 1. The van der Waals surface area contributed by atoms with Gasteiger partial charge in [-0.15, -0.1) is 0 Å². The van der Waals surface area contributed by atoms with E-state index >= 15 is 0 Å². The number of para-hydroxylation sites is 2. The van der Waals surface area contributed by atoms with Crippen LogP contribution in [0, 0.1) is 5.92 Å². The van der Waals surface area contributed by atoms with Crippen molar-refractivity contribution < 1.29 is 19.1 Å². The molecule has 0 unspecified atom stereocenters. The molecule has 3 rings (SSSR count). The average molecular weight is 357 g/mol. The smallest absolute Gasteiger partial charge is 0.260 e. The molecule has 1 aromatic heterocycles. The van der Waals surface area contributed by atoms with Gasteiger partial charge in [-0.25, -0.2) is 4.98 Å². The van der Waals surface area contributed by atoms with Crippen LogP contribution in [0.3, 0.4) is 0 Å². The molecule has 1 amide bonds. The van der Waals surface area contributed by atoms with E-state index in [-0.39, 0.29) is 24.2 Å². The highest BCUT2D eigenvalue weighted by atomic mass is 16.5. The third kappa shape index (κ3) is 3.87. The third-order valence-electron chi connectivity index (χ3n) is 4.61. The summed E-state index contributed by atoms with van der Waals surface area (Å²) < 4.78 is 12.5. The lowest BCUT2D eigenvalue weighted by Gasteiger charge is -2.31. The second kappa shape index (κ2) is 8.03. The number of methoxy groups -OCH3 is 1. The first-order chi connectivity index (χ1) is 12.6. The Kier molecular flexibility index (Phi) is 5.55. The summed E-state index contributed by atoms with van der Waals surface area (Å²) in [6.07, 6.45) is 4.92. The van der Waals surface area contributed by atoms with Crippen LogP contribution in [0.15, 0.2) is 36.7 Å². The molecule has 0 saturated carbocycles. The second-order valence-electron chi connectivity index (χ2n) is 6.34. The van der Waals surface area contributed by atoms with Gasteiger partial charge < -0.3 is 18.9 Å². The molecular weight excluding hydrogens is 334 g/mol. The molecule has 0 bridgehead atoms. The first-order valence-electron chi connectivity index (χ1n) is 8.65. The van der Waals surface area contributed by atoms with E-state index < -0.39 is 0 Å². The van der Waals surface area contributed by atoms with Crippen LogP contribution in [-0.4, -0.2) is 52.9 Å². The average Bonchev–Trinajstić information content (AvgIpc) is 3.11. The number of carbonyl (C=O) groups is 2. The summed E-state index contributed by atoms with van der Waals surface area (Å²) in [4.78, 5) is 31.0. The van der Waals surface area contributed by atoms with Gasteiger partial charge in [0.25, 0.3) is 5.91 Å². The van der Waals surface area contributed by atoms with Gasteiger partial charge in [0.1, 0.15) is 0 Å². The van der Waals surface area contributed by atoms with Gasteiger partial charge in [0, 0.05) is 38.4 Å². The summed E-state index contributed by atoms with van der Waals surface area (Å²) in [7, 11) is 3.36. The summed E-state index contributed by atoms with van der Waals surface area (Å²) in [5.74, 6) is 1.19. The number of amides is 1. The molecule has 138 valence electrons. The van der Waals surface area contributed by atoms with Crippen LogP contribution in [0.5, 0.6) is 11.5 Å². The number of aryl methyl sites for hydroxylation is 1. The standard InChI is InChI=1S/C19H23N3O4/c1-21-11-9-20-19(21)18(24)14-6-5-10-22(12-14)17(23)13-26-16-8-4-3-7-15(16)25-2/h3-4,7-9,11,14H,5-6,10,12-13H2,1-2H3/t14-/m0/s1. The van der Waals surface area contributed by atoms with E-state index in [1.165, 1.54) is 0 Å². The molecule has 0 N–H and O–H groups in total. The first kappa shape index (κ1) is 18.0. The number of benzene rings is 1. The van der Waals surface area contributed by atoms with Crippen LogP contribution in [0.4, 0.5) is 0 Å². The summed E-state index contributed by atoms with van der Waals surface area (Å²) in [6.45, 7) is 0.960. The van der Waals surface area contributed by atoms with E-state index in [0.717, 1.165) is 12.8 Å². The minimum Gasteiger partial charge on any atom is -0.493 e. The molecule has 7 heteroatoms. The lowest BCUT2D eigenvalue weighted by molar-refractivity contribution is -0.134. The molecule has 26 heavy (non-hydrogen) atoms. The fraction of sp³-hybridized carbons (Fsp3) is 0.421. The van der Waals surface area contributed by atoms with Crippen LogP contribution >= 0.6 is 0 Å². The number of ketones is 1. The number of carbonyl (C=O) groups excluding carboxylic acids is 2. The minimum absolute atomic E-state index is 0.0133. The summed E-state index contributed by atoms with van der Waals surface area (Å²) >= 11 is 0. The number of hydrogen-bond donors (Lipinski definition) is 0. The van der Waals surface area contributed by atoms with Crippen molar-refractivity contribution in [3.63, 3.8) is 0 Å². The number of ether oxygens (including phenoxy) is 2. The molecular formula is C19H23N3O4. The van der Waals surface area contributed by atoms with Crippen LogP contribution < -0.4 is 9.47 Å². The minimum atomic E-state index is -0.222. The van der Waals surface area contributed by atoms with Gasteiger partial charge in [0.2, 0.25) is 5.78 Å². The molecule has 2 aromatic rings. The number of piperidine rings is 1. The maximum Gasteiger partial charge on any atom is 0.260 e. The lowest BCUT2D eigenvalue weighted by Crippen LogP contribution is -2.44. The number of aromatic nitrogens is 2. The van der Waals surface area contributed by atoms with E-state index in [0.29, 0.717) is 30.4 Å². The molecule has 1 saturated heterocycles. The normalized spacial score (nSPS) is 17.0. The van der Waals surface area contributed by atoms with Crippen molar-refractivity contribution >= 4 is 11.7 Å². The summed E-state index contributed by atoms with van der Waals surface area (Å²) in [5.41, 5.74) is 0. The fourth-order valence-electron chi connectivity index (χ4n) is 3.17. The summed E-state index contributed by atoms with van der Waals surface area (Å²) in [6, 6.07) is 7.20. The number of rotatable bonds is 6. The number of Topliss-reactive ketones (excluding diaryl/α,β-unsaturated/α-hetero) is 1. The Morgan fingerprint density at radius 2 is 2.04 bits per heavy atom. The van der Waals surface area contributed by atoms with Gasteiger partial charge in [-0.1, -0.05) is 12.1 Å². The Morgan fingerprint density at radius 3 is 2.73 bits per heavy atom. The molecule has 2 heterocycles. The predicted molar refractivity (Wildman–Crippen MR) is 95.3 cm³/mol. The van der Waals surface area contributed by atoms with Crippen LogP contribution in [0.2, 0.25) is 0 Å². The van der Waals surface area contributed by atoms with Crippen molar-refractivity contribution in [1.29, 1.82) is 0 Å². The van der Waals surface area contributed by atoms with Crippen molar-refractivity contribution in [1.82, 2.24) is 14.5 Å². The quantitative estimate of drug-likeness (QED) is 0.739. The second-order valence-corrected chi connectivity index (χ2v) is 6.34. The van der Waals surface area contributed by atoms with E-state index in [4.69, 9.17) is 9.47 Å².